The Morgan fingerprint density at radius 1 is 1.24 bits per heavy atom. The number of esters is 1. The largest absolute Gasteiger partial charge is 0.497 e. The van der Waals surface area contributed by atoms with Crippen molar-refractivity contribution in [2.24, 2.45) is 0 Å². The van der Waals surface area contributed by atoms with Crippen molar-refractivity contribution in [3.63, 3.8) is 0 Å². The van der Waals surface area contributed by atoms with Gasteiger partial charge in [-0.25, -0.2) is 4.79 Å². The lowest BCUT2D eigenvalue weighted by Gasteiger charge is -2.09. The molecule has 25 heavy (non-hydrogen) atoms. The fourth-order valence-corrected chi connectivity index (χ4v) is 3.36. The molecule has 0 aliphatic rings. The molecule has 0 fully saturated rings. The van der Waals surface area contributed by atoms with Crippen LogP contribution in [-0.2, 0) is 4.74 Å². The summed E-state index contributed by atoms with van der Waals surface area (Å²) in [7, 11) is 1.63. The summed E-state index contributed by atoms with van der Waals surface area (Å²) in [6.07, 6.45) is 0.966. The number of ether oxygens (including phenoxy) is 2. The van der Waals surface area contributed by atoms with Gasteiger partial charge in [-0.15, -0.1) is 11.3 Å². The first-order valence-electron chi connectivity index (χ1n) is 8.09. The normalized spacial score (nSPS) is 10.2. The number of methoxy groups -OCH3 is 1. The van der Waals surface area contributed by atoms with E-state index in [1.807, 2.05) is 30.3 Å². The van der Waals surface area contributed by atoms with Gasteiger partial charge in [0.25, 0.3) is 0 Å². The number of hydrogen-bond acceptors (Lipinski definition) is 5. The van der Waals surface area contributed by atoms with Gasteiger partial charge >= 0.3 is 5.97 Å². The molecule has 0 saturated carbocycles. The molecule has 2 aromatic rings. The first-order valence-corrected chi connectivity index (χ1v) is 9.31. The molecule has 0 unspecified atom stereocenters. The van der Waals surface area contributed by atoms with Crippen molar-refractivity contribution < 1.29 is 14.3 Å². The van der Waals surface area contributed by atoms with E-state index in [-0.39, 0.29) is 5.97 Å². The number of carbonyl (C=O) groups excluding carboxylic acids is 1. The van der Waals surface area contributed by atoms with Crippen LogP contribution in [0.15, 0.2) is 30.3 Å². The Hall–Kier alpha value is -2.12. The highest BCUT2D eigenvalue weighted by Gasteiger charge is 2.19. The van der Waals surface area contributed by atoms with E-state index in [0.717, 1.165) is 29.2 Å². The van der Waals surface area contributed by atoms with Crippen LogP contribution in [0, 0.1) is 0 Å². The van der Waals surface area contributed by atoms with Gasteiger partial charge in [-0.3, -0.25) is 0 Å². The van der Waals surface area contributed by atoms with Crippen molar-refractivity contribution in [2.45, 2.75) is 20.3 Å². The Kier molecular flexibility index (Phi) is 7.21. The number of anilines is 1. The highest BCUT2D eigenvalue weighted by molar-refractivity contribution is 7.80. The molecule has 7 heteroatoms. The molecule has 0 saturated heterocycles. The van der Waals surface area contributed by atoms with Gasteiger partial charge in [0.1, 0.15) is 10.6 Å². The van der Waals surface area contributed by atoms with Crippen molar-refractivity contribution >= 4 is 40.3 Å². The molecule has 1 heterocycles. The summed E-state index contributed by atoms with van der Waals surface area (Å²) in [5.74, 6) is 0.433. The molecule has 2 rings (SSSR count). The molecule has 5 nitrogen and oxygen atoms in total. The van der Waals surface area contributed by atoms with Crippen molar-refractivity contribution in [2.75, 3.05) is 25.6 Å². The summed E-state index contributed by atoms with van der Waals surface area (Å²) >= 11 is 6.66. The van der Waals surface area contributed by atoms with E-state index in [9.17, 15) is 4.79 Å². The van der Waals surface area contributed by atoms with Gasteiger partial charge in [-0.1, -0.05) is 6.92 Å². The van der Waals surface area contributed by atoms with E-state index in [1.54, 1.807) is 14.0 Å². The van der Waals surface area contributed by atoms with E-state index in [2.05, 4.69) is 17.6 Å². The third-order valence-corrected chi connectivity index (χ3v) is 4.76. The van der Waals surface area contributed by atoms with Crippen LogP contribution >= 0.6 is 23.6 Å². The summed E-state index contributed by atoms with van der Waals surface area (Å²) in [5.41, 5.74) is 1.65. The van der Waals surface area contributed by atoms with Crippen molar-refractivity contribution in [1.29, 1.82) is 0 Å². The van der Waals surface area contributed by atoms with E-state index >= 15 is 0 Å². The molecule has 0 aliphatic carbocycles. The molecule has 1 aromatic carbocycles. The molecule has 0 aliphatic heterocycles. The molecule has 134 valence electrons. The maximum absolute atomic E-state index is 12.3. The van der Waals surface area contributed by atoms with E-state index in [0.29, 0.717) is 22.3 Å². The van der Waals surface area contributed by atoms with Crippen molar-refractivity contribution in [1.82, 2.24) is 5.32 Å². The van der Waals surface area contributed by atoms with Crippen LogP contribution in [0.4, 0.5) is 5.69 Å². The molecule has 0 atom stereocenters. The smallest absolute Gasteiger partial charge is 0.350 e. The van der Waals surface area contributed by atoms with Gasteiger partial charge in [0, 0.05) is 11.4 Å². The highest BCUT2D eigenvalue weighted by atomic mass is 32.1. The predicted molar refractivity (Wildman–Crippen MR) is 107 cm³/mol. The number of benzene rings is 1. The highest BCUT2D eigenvalue weighted by Crippen LogP contribution is 2.36. The molecular weight excluding hydrogens is 356 g/mol. The lowest BCUT2D eigenvalue weighted by molar-refractivity contribution is 0.0533. The predicted octanol–water partition coefficient (Wildman–Crippen LogP) is 4.30. The number of carbonyl (C=O) groups is 1. The second-order valence-electron chi connectivity index (χ2n) is 5.18. The quantitative estimate of drug-likeness (QED) is 0.553. The molecule has 0 radical (unpaired) electrons. The van der Waals surface area contributed by atoms with Gasteiger partial charge in [0.05, 0.1) is 19.4 Å². The lowest BCUT2D eigenvalue weighted by Crippen LogP contribution is -2.29. The number of rotatable bonds is 7. The standard InChI is InChI=1S/C18H22N2O3S2/c1-4-10-19-18(24)20-14-11-15(25-16(14)17(21)23-5-2)12-6-8-13(22-3)9-7-12/h6-9,11H,4-5,10H2,1-3H3,(H2,19,20,24). The summed E-state index contributed by atoms with van der Waals surface area (Å²) in [6, 6.07) is 9.60. The van der Waals surface area contributed by atoms with Gasteiger partial charge < -0.3 is 20.1 Å². The molecule has 0 amide bonds. The van der Waals surface area contributed by atoms with Crippen molar-refractivity contribution in [3.05, 3.63) is 35.2 Å². The Bertz CT molecular complexity index is 726. The molecule has 2 N–H and O–H groups in total. The monoisotopic (exact) mass is 378 g/mol. The van der Waals surface area contributed by atoms with Gasteiger partial charge in [0.15, 0.2) is 5.11 Å². The van der Waals surface area contributed by atoms with E-state index in [4.69, 9.17) is 21.7 Å². The SMILES string of the molecule is CCCNC(=S)Nc1cc(-c2ccc(OC)cc2)sc1C(=O)OCC. The number of hydrogen-bond donors (Lipinski definition) is 2. The second kappa shape index (κ2) is 9.39. The van der Waals surface area contributed by atoms with E-state index < -0.39 is 0 Å². The minimum absolute atomic E-state index is 0.326. The van der Waals surface area contributed by atoms with Gasteiger partial charge in [-0.05, 0) is 61.5 Å². The first kappa shape index (κ1) is 19.2. The Morgan fingerprint density at radius 3 is 2.56 bits per heavy atom. The molecular formula is C18H22N2O3S2. The van der Waals surface area contributed by atoms with E-state index in [1.165, 1.54) is 11.3 Å². The summed E-state index contributed by atoms with van der Waals surface area (Å²) in [5, 5.41) is 6.69. The summed E-state index contributed by atoms with van der Waals surface area (Å²) < 4.78 is 10.4. The molecule has 0 spiro atoms. The molecule has 0 bridgehead atoms. The Balaban J connectivity index is 2.30. The molecule has 1 aromatic heterocycles. The third-order valence-electron chi connectivity index (χ3n) is 3.35. The number of nitrogens with one attached hydrogen (secondary N) is 2. The fraction of sp³-hybridized carbons (Fsp3) is 0.333. The van der Waals surface area contributed by atoms with Gasteiger partial charge in [0.2, 0.25) is 0 Å². The van der Waals surface area contributed by atoms with Crippen LogP contribution < -0.4 is 15.4 Å². The third kappa shape index (κ3) is 5.17. The number of thiocarbonyl (C=S) groups is 1. The average molecular weight is 379 g/mol. The van der Waals surface area contributed by atoms with Crippen LogP contribution in [-0.4, -0.2) is 31.3 Å². The van der Waals surface area contributed by atoms with Crippen LogP contribution in [0.5, 0.6) is 5.75 Å². The maximum atomic E-state index is 12.3. The zero-order chi connectivity index (χ0) is 18.2. The summed E-state index contributed by atoms with van der Waals surface area (Å²) in [6.45, 7) is 4.95. The van der Waals surface area contributed by atoms with Crippen molar-refractivity contribution in [3.8, 4) is 16.2 Å². The minimum atomic E-state index is -0.354. The van der Waals surface area contributed by atoms with Crippen LogP contribution in [0.1, 0.15) is 29.9 Å². The summed E-state index contributed by atoms with van der Waals surface area (Å²) in [4.78, 5) is 13.7. The first-order chi connectivity index (χ1) is 12.1. The average Bonchev–Trinajstić information content (AvgIpc) is 3.04. The fourth-order valence-electron chi connectivity index (χ4n) is 2.13. The van der Waals surface area contributed by atoms with Gasteiger partial charge in [-0.2, -0.15) is 0 Å². The van der Waals surface area contributed by atoms with Crippen LogP contribution in [0.3, 0.4) is 0 Å². The Morgan fingerprint density at radius 2 is 1.96 bits per heavy atom. The zero-order valence-electron chi connectivity index (χ0n) is 14.5. The zero-order valence-corrected chi connectivity index (χ0v) is 16.2. The van der Waals surface area contributed by atoms with Crippen LogP contribution in [0.25, 0.3) is 10.4 Å². The Labute approximate surface area is 157 Å². The second-order valence-corrected chi connectivity index (χ2v) is 6.64. The maximum Gasteiger partial charge on any atom is 0.350 e. The van der Waals surface area contributed by atoms with Crippen LogP contribution in [0.2, 0.25) is 0 Å². The minimum Gasteiger partial charge on any atom is -0.497 e. The number of thiophene rings is 1. The lowest BCUT2D eigenvalue weighted by atomic mass is 10.2. The topological polar surface area (TPSA) is 59.6 Å².